The molecule has 0 unspecified atom stereocenters. The van der Waals surface area contributed by atoms with Crippen LogP contribution in [0.4, 0.5) is 15.3 Å². The first-order valence-corrected chi connectivity index (χ1v) is 13.1. The number of methoxy groups -OCH3 is 1. The number of nitrogens with zero attached hydrogens (tertiary/aromatic N) is 2. The first kappa shape index (κ1) is 25.7. The summed E-state index contributed by atoms with van der Waals surface area (Å²) in [6.45, 7) is 4.80. The molecule has 4 aromatic rings. The van der Waals surface area contributed by atoms with Crippen molar-refractivity contribution in [3.05, 3.63) is 63.5 Å². The van der Waals surface area contributed by atoms with Gasteiger partial charge in [-0.1, -0.05) is 13.8 Å². The van der Waals surface area contributed by atoms with Crippen LogP contribution >= 0.6 is 22.7 Å². The molecule has 36 heavy (non-hydrogen) atoms. The van der Waals surface area contributed by atoms with Crippen molar-refractivity contribution < 1.29 is 23.8 Å². The lowest BCUT2D eigenvalue weighted by Gasteiger charge is -2.09. The monoisotopic (exact) mass is 527 g/mol. The van der Waals surface area contributed by atoms with Gasteiger partial charge in [0, 0.05) is 29.3 Å². The molecular weight excluding hydrogens is 501 g/mol. The summed E-state index contributed by atoms with van der Waals surface area (Å²) >= 11 is 2.93. The molecule has 0 aliphatic rings. The normalized spacial score (nSPS) is 11.1. The molecule has 2 N–H and O–H groups in total. The average molecular weight is 528 g/mol. The summed E-state index contributed by atoms with van der Waals surface area (Å²) in [7, 11) is 1.56. The number of benzene rings is 1. The van der Waals surface area contributed by atoms with Gasteiger partial charge in [0.1, 0.15) is 18.0 Å². The van der Waals surface area contributed by atoms with Gasteiger partial charge in [-0.2, -0.15) is 11.3 Å². The Kier molecular flexibility index (Phi) is 8.29. The van der Waals surface area contributed by atoms with Gasteiger partial charge in [-0.15, -0.1) is 11.3 Å². The van der Waals surface area contributed by atoms with E-state index < -0.39 is 11.8 Å². The highest BCUT2D eigenvalue weighted by molar-refractivity contribution is 7.16. The van der Waals surface area contributed by atoms with Gasteiger partial charge < -0.3 is 19.9 Å². The first-order valence-electron chi connectivity index (χ1n) is 11.3. The number of nitrogens with one attached hydrogen (secondary N) is 1. The van der Waals surface area contributed by atoms with Crippen molar-refractivity contribution in [2.75, 3.05) is 25.6 Å². The van der Waals surface area contributed by atoms with Crippen molar-refractivity contribution in [1.29, 1.82) is 0 Å². The number of thiophene rings is 1. The van der Waals surface area contributed by atoms with E-state index in [1.807, 2.05) is 16.8 Å². The number of carboxylic acid groups (broad SMARTS) is 1. The van der Waals surface area contributed by atoms with E-state index in [1.165, 1.54) is 28.7 Å². The van der Waals surface area contributed by atoms with Crippen LogP contribution in [-0.2, 0) is 11.2 Å². The van der Waals surface area contributed by atoms with E-state index in [1.54, 1.807) is 31.5 Å². The molecule has 0 bridgehead atoms. The van der Waals surface area contributed by atoms with E-state index in [0.29, 0.717) is 28.9 Å². The molecule has 4 rings (SSSR count). The van der Waals surface area contributed by atoms with E-state index in [2.05, 4.69) is 24.1 Å². The van der Waals surface area contributed by atoms with E-state index >= 15 is 0 Å². The standard InChI is InChI=1S/C26H26FN3O4S2/c1-15(2)10-22-23(16-4-5-21(20(27)12-16)34-8-7-33-3)29-26(36-22)30-24-19(25(31)32)11-18(13-28-24)17-6-9-35-14-17/h4-6,9,11-15H,7-8,10H2,1-3H3,(H,31,32)(H,28,29,30). The number of anilines is 2. The molecule has 0 aliphatic carbocycles. The Hall–Kier alpha value is -3.34. The molecule has 0 spiro atoms. The van der Waals surface area contributed by atoms with Crippen LogP contribution in [0.5, 0.6) is 5.75 Å². The molecule has 3 heterocycles. The maximum absolute atomic E-state index is 14.7. The summed E-state index contributed by atoms with van der Waals surface area (Å²) in [5, 5.41) is 17.2. The summed E-state index contributed by atoms with van der Waals surface area (Å²) in [4.78, 5) is 22.0. The topological polar surface area (TPSA) is 93.6 Å². The molecule has 0 saturated carbocycles. The minimum absolute atomic E-state index is 0.0458. The first-order chi connectivity index (χ1) is 17.4. The fourth-order valence-corrected chi connectivity index (χ4v) is 5.42. The van der Waals surface area contributed by atoms with Gasteiger partial charge in [0.25, 0.3) is 0 Å². The van der Waals surface area contributed by atoms with Crippen LogP contribution in [0.1, 0.15) is 29.1 Å². The molecule has 0 fully saturated rings. The van der Waals surface area contributed by atoms with Crippen molar-refractivity contribution in [1.82, 2.24) is 9.97 Å². The quantitative estimate of drug-likeness (QED) is 0.209. The second-order valence-electron chi connectivity index (χ2n) is 8.44. The minimum Gasteiger partial charge on any atom is -0.488 e. The summed E-state index contributed by atoms with van der Waals surface area (Å²) in [5.74, 6) is -0.884. The fraction of sp³-hybridized carbons (Fsp3) is 0.269. The smallest absolute Gasteiger partial charge is 0.339 e. The fourth-order valence-electron chi connectivity index (χ4n) is 3.56. The molecule has 0 amide bonds. The number of hydrogen-bond acceptors (Lipinski definition) is 8. The molecule has 0 saturated heterocycles. The van der Waals surface area contributed by atoms with Gasteiger partial charge in [0.05, 0.1) is 12.3 Å². The van der Waals surface area contributed by atoms with Crippen LogP contribution in [-0.4, -0.2) is 41.4 Å². The zero-order valence-corrected chi connectivity index (χ0v) is 21.7. The van der Waals surface area contributed by atoms with Crippen LogP contribution in [0.25, 0.3) is 22.4 Å². The molecule has 0 aliphatic heterocycles. The lowest BCUT2D eigenvalue weighted by molar-refractivity contribution is 0.0697. The molecule has 0 radical (unpaired) electrons. The van der Waals surface area contributed by atoms with Crippen LogP contribution in [0.3, 0.4) is 0 Å². The van der Waals surface area contributed by atoms with Gasteiger partial charge in [-0.25, -0.2) is 19.2 Å². The van der Waals surface area contributed by atoms with Crippen LogP contribution in [0.2, 0.25) is 0 Å². The molecule has 3 aromatic heterocycles. The molecular formula is C26H26FN3O4S2. The molecule has 188 valence electrons. The molecule has 0 atom stereocenters. The number of thiazole rings is 1. The minimum atomic E-state index is -1.09. The lowest BCUT2D eigenvalue weighted by atomic mass is 10.0. The molecule has 1 aromatic carbocycles. The second-order valence-corrected chi connectivity index (χ2v) is 10.3. The summed E-state index contributed by atoms with van der Waals surface area (Å²) < 4.78 is 25.1. The van der Waals surface area contributed by atoms with E-state index in [0.717, 1.165) is 22.4 Å². The van der Waals surface area contributed by atoms with Crippen molar-refractivity contribution in [3.63, 3.8) is 0 Å². The van der Waals surface area contributed by atoms with Crippen LogP contribution in [0.15, 0.2) is 47.3 Å². The number of carboxylic acids is 1. The largest absolute Gasteiger partial charge is 0.488 e. The highest BCUT2D eigenvalue weighted by Gasteiger charge is 2.19. The third-order valence-corrected chi connectivity index (χ3v) is 6.92. The zero-order valence-electron chi connectivity index (χ0n) is 20.1. The van der Waals surface area contributed by atoms with E-state index in [9.17, 15) is 14.3 Å². The van der Waals surface area contributed by atoms with Crippen molar-refractivity contribution in [3.8, 4) is 28.1 Å². The van der Waals surface area contributed by atoms with Gasteiger partial charge >= 0.3 is 5.97 Å². The Morgan fingerprint density at radius 1 is 1.17 bits per heavy atom. The van der Waals surface area contributed by atoms with Crippen LogP contribution in [0, 0.1) is 11.7 Å². The lowest BCUT2D eigenvalue weighted by Crippen LogP contribution is -2.05. The van der Waals surface area contributed by atoms with E-state index in [4.69, 9.17) is 14.5 Å². The third kappa shape index (κ3) is 6.07. The van der Waals surface area contributed by atoms with Gasteiger partial charge in [0.2, 0.25) is 0 Å². The second kappa shape index (κ2) is 11.6. The van der Waals surface area contributed by atoms with Gasteiger partial charge in [-0.3, -0.25) is 0 Å². The number of pyridine rings is 1. The Balaban J connectivity index is 1.65. The number of hydrogen-bond donors (Lipinski definition) is 2. The van der Waals surface area contributed by atoms with Gasteiger partial charge in [0.15, 0.2) is 16.7 Å². The third-order valence-electron chi connectivity index (χ3n) is 5.24. The van der Waals surface area contributed by atoms with E-state index in [-0.39, 0.29) is 23.7 Å². The van der Waals surface area contributed by atoms with Crippen molar-refractivity contribution >= 4 is 39.6 Å². The highest BCUT2D eigenvalue weighted by atomic mass is 32.1. The Morgan fingerprint density at radius 2 is 2.00 bits per heavy atom. The maximum Gasteiger partial charge on any atom is 0.339 e. The SMILES string of the molecule is COCCOc1ccc(-c2nc(Nc3ncc(-c4ccsc4)cc3C(=O)O)sc2CC(C)C)cc1F. The molecule has 7 nitrogen and oxygen atoms in total. The van der Waals surface area contributed by atoms with Crippen molar-refractivity contribution in [2.24, 2.45) is 5.92 Å². The predicted molar refractivity (Wildman–Crippen MR) is 141 cm³/mol. The number of ether oxygens (including phenoxy) is 2. The highest BCUT2D eigenvalue weighted by Crippen LogP contribution is 2.36. The maximum atomic E-state index is 14.7. The number of halogens is 1. The van der Waals surface area contributed by atoms with Crippen LogP contribution < -0.4 is 10.1 Å². The predicted octanol–water partition coefficient (Wildman–Crippen LogP) is 6.74. The Morgan fingerprint density at radius 3 is 2.67 bits per heavy atom. The number of carbonyl (C=O) groups is 1. The zero-order chi connectivity index (χ0) is 25.7. The van der Waals surface area contributed by atoms with Gasteiger partial charge in [-0.05, 0) is 59.0 Å². The van der Waals surface area contributed by atoms with Crippen molar-refractivity contribution in [2.45, 2.75) is 20.3 Å². The number of rotatable bonds is 11. The molecule has 10 heteroatoms. The Labute approximate surface area is 216 Å². The Bertz CT molecular complexity index is 1340. The number of aromatic carboxylic acids is 1. The summed E-state index contributed by atoms with van der Waals surface area (Å²) in [6, 6.07) is 8.27. The number of aromatic nitrogens is 2. The summed E-state index contributed by atoms with van der Waals surface area (Å²) in [6.07, 6.45) is 2.37. The average Bonchev–Trinajstić information content (AvgIpc) is 3.50. The summed E-state index contributed by atoms with van der Waals surface area (Å²) in [5.41, 5.74) is 2.94.